The molecule has 0 aromatic carbocycles. The largest absolute Gasteiger partial charge is 0.307 e. The fourth-order valence-corrected chi connectivity index (χ4v) is 13.0. The molecule has 7 atom stereocenters. The van der Waals surface area contributed by atoms with Gasteiger partial charge in [-0.15, -0.1) is 11.3 Å². The smallest absolute Gasteiger partial charge is 0.250 e. The highest BCUT2D eigenvalue weighted by molar-refractivity contribution is 7.91. The van der Waals surface area contributed by atoms with Crippen molar-refractivity contribution in [3.05, 3.63) is 52.4 Å². The molecule has 5 aliphatic rings. The van der Waals surface area contributed by atoms with Crippen molar-refractivity contribution in [2.45, 2.75) is 103 Å². The van der Waals surface area contributed by atoms with Gasteiger partial charge in [-0.2, -0.15) is 0 Å². The number of allylic oxidation sites excluding steroid dienone is 4. The Kier molecular flexibility index (Phi) is 6.41. The van der Waals surface area contributed by atoms with Crippen LogP contribution in [0.2, 0.25) is 0 Å². The van der Waals surface area contributed by atoms with Gasteiger partial charge >= 0.3 is 0 Å². The Hall–Kier alpha value is -2.08. The standard InChI is InChI=1S/C34H44N2O4S2/c1-29(2)13-15-34(36-42(39,40)26-10-9-17-41-26)16-14-33(7)27(21(34)19-29)23(37)18-25-31(5)20-22(35-8)28(38)30(3,4)24(31)11-12-32(25,33)6/h9-10,17-18,20-21,24,27,36H,11-16,19H2,1-7H3/t21-,24-,27-,31-,32+,33+,34-/m0/s1. The summed E-state index contributed by atoms with van der Waals surface area (Å²) in [6, 6.07) is 3.42. The molecule has 0 unspecified atom stereocenters. The van der Waals surface area contributed by atoms with Crippen LogP contribution in [0.1, 0.15) is 93.4 Å². The molecule has 6 rings (SSSR count). The van der Waals surface area contributed by atoms with E-state index < -0.39 is 26.4 Å². The van der Waals surface area contributed by atoms with Crippen molar-refractivity contribution in [2.75, 3.05) is 0 Å². The van der Waals surface area contributed by atoms with Gasteiger partial charge in [-0.3, -0.25) is 4.79 Å². The second-order valence-corrected chi connectivity index (χ2v) is 18.8. The predicted molar refractivity (Wildman–Crippen MR) is 165 cm³/mol. The predicted octanol–water partition coefficient (Wildman–Crippen LogP) is 7.35. The number of hydrogen-bond acceptors (Lipinski definition) is 5. The average molecular weight is 609 g/mol. The highest BCUT2D eigenvalue weighted by atomic mass is 32.2. The van der Waals surface area contributed by atoms with Crippen molar-refractivity contribution in [1.82, 2.24) is 4.72 Å². The lowest BCUT2D eigenvalue weighted by atomic mass is 9.35. The van der Waals surface area contributed by atoms with Crippen molar-refractivity contribution in [1.29, 1.82) is 0 Å². The minimum atomic E-state index is -3.73. The average Bonchev–Trinajstić information content (AvgIpc) is 3.45. The number of nitrogens with zero attached hydrogens (tertiary/aromatic N) is 1. The number of nitrogens with one attached hydrogen (secondary N) is 1. The van der Waals surface area contributed by atoms with E-state index in [1.165, 1.54) is 11.3 Å². The van der Waals surface area contributed by atoms with Gasteiger partial charge in [0.15, 0.2) is 11.6 Å². The summed E-state index contributed by atoms with van der Waals surface area (Å²) in [6.07, 6.45) is 9.30. The number of fused-ring (bicyclic) bond motifs is 7. The van der Waals surface area contributed by atoms with Crippen LogP contribution in [0.5, 0.6) is 0 Å². The highest BCUT2D eigenvalue weighted by Gasteiger charge is 2.70. The van der Waals surface area contributed by atoms with Crippen molar-refractivity contribution in [3.8, 4) is 0 Å². The Labute approximate surface area is 255 Å². The van der Waals surface area contributed by atoms with E-state index >= 15 is 0 Å². The number of rotatable bonds is 3. The molecule has 1 N–H and O–H groups in total. The van der Waals surface area contributed by atoms with E-state index in [4.69, 9.17) is 6.57 Å². The fourth-order valence-electron chi connectivity index (χ4n) is 10.5. The van der Waals surface area contributed by atoms with E-state index in [2.05, 4.69) is 44.2 Å². The maximum atomic E-state index is 14.6. The molecule has 8 heteroatoms. The molecular weight excluding hydrogens is 565 g/mol. The maximum Gasteiger partial charge on any atom is 0.250 e. The summed E-state index contributed by atoms with van der Waals surface area (Å²) < 4.78 is 30.9. The van der Waals surface area contributed by atoms with Gasteiger partial charge in [0.1, 0.15) is 4.21 Å². The summed E-state index contributed by atoms with van der Waals surface area (Å²) in [6.45, 7) is 22.9. The van der Waals surface area contributed by atoms with E-state index in [1.54, 1.807) is 17.5 Å². The number of thiophene rings is 1. The molecular formula is C34H44N2O4S2. The monoisotopic (exact) mass is 608 g/mol. The molecule has 0 radical (unpaired) electrons. The van der Waals surface area contributed by atoms with Crippen LogP contribution < -0.4 is 4.72 Å². The van der Waals surface area contributed by atoms with Gasteiger partial charge in [0.25, 0.3) is 10.0 Å². The van der Waals surface area contributed by atoms with Crippen LogP contribution in [0, 0.1) is 51.4 Å². The molecule has 3 fully saturated rings. The van der Waals surface area contributed by atoms with Crippen LogP contribution in [0.4, 0.5) is 0 Å². The molecule has 42 heavy (non-hydrogen) atoms. The minimum Gasteiger partial charge on any atom is -0.307 e. The molecule has 5 aliphatic carbocycles. The Bertz CT molecular complexity index is 1580. The third-order valence-corrected chi connectivity index (χ3v) is 15.9. The van der Waals surface area contributed by atoms with Crippen molar-refractivity contribution >= 4 is 32.9 Å². The number of sulfonamides is 1. The zero-order valence-electron chi connectivity index (χ0n) is 26.0. The number of carbonyl (C=O) groups excluding carboxylic acids is 2. The van der Waals surface area contributed by atoms with Crippen LogP contribution in [0.25, 0.3) is 4.85 Å². The molecule has 0 spiro atoms. The molecule has 0 bridgehead atoms. The van der Waals surface area contributed by atoms with Gasteiger partial charge in [-0.1, -0.05) is 66.2 Å². The first-order chi connectivity index (χ1) is 19.4. The molecule has 6 nitrogen and oxygen atoms in total. The van der Waals surface area contributed by atoms with Gasteiger partial charge in [0.05, 0.1) is 6.57 Å². The lowest BCUT2D eigenvalue weighted by Gasteiger charge is -2.69. The molecule has 1 aromatic heterocycles. The number of hydrogen-bond donors (Lipinski definition) is 1. The summed E-state index contributed by atoms with van der Waals surface area (Å²) in [7, 11) is -3.73. The SMILES string of the molecule is [C-]#[N+]C1=C[C@]2(C)C3=CC(=O)[C@@H]4[C@@H]5CC(C)(C)CC[C@]5(NS(=O)(=O)c5cccs5)CC[C@@]4(C)[C@]3(C)CC[C@H]2C(C)(C)C1=O. The number of ketones is 2. The summed E-state index contributed by atoms with van der Waals surface area (Å²) >= 11 is 1.23. The first kappa shape index (κ1) is 30.0. The third-order valence-electron chi connectivity index (χ3n) is 12.9. The zero-order valence-corrected chi connectivity index (χ0v) is 27.6. The first-order valence-electron chi connectivity index (χ1n) is 15.4. The molecule has 0 saturated heterocycles. The van der Waals surface area contributed by atoms with Gasteiger partial charge in [-0.25, -0.2) is 18.0 Å². The van der Waals surface area contributed by atoms with E-state index in [9.17, 15) is 18.0 Å². The second-order valence-electron chi connectivity index (χ2n) is 15.9. The third kappa shape index (κ3) is 3.85. The molecule has 0 amide bonds. The minimum absolute atomic E-state index is 0.00334. The summed E-state index contributed by atoms with van der Waals surface area (Å²) in [5.74, 6) is -0.444. The highest BCUT2D eigenvalue weighted by Crippen LogP contribution is 2.73. The van der Waals surface area contributed by atoms with Crippen LogP contribution in [-0.2, 0) is 19.6 Å². The van der Waals surface area contributed by atoms with Crippen molar-refractivity contribution in [2.24, 2.45) is 44.8 Å². The fraction of sp³-hybridized carbons (Fsp3) is 0.676. The molecule has 226 valence electrons. The van der Waals surface area contributed by atoms with E-state index in [1.807, 2.05) is 26.0 Å². The number of carbonyl (C=O) groups is 2. The lowest BCUT2D eigenvalue weighted by Crippen LogP contribution is -2.69. The Morgan fingerprint density at radius 1 is 1.00 bits per heavy atom. The summed E-state index contributed by atoms with van der Waals surface area (Å²) in [5, 5.41) is 1.79. The van der Waals surface area contributed by atoms with Crippen molar-refractivity contribution < 1.29 is 18.0 Å². The van der Waals surface area contributed by atoms with E-state index in [0.29, 0.717) is 10.6 Å². The Morgan fingerprint density at radius 2 is 1.69 bits per heavy atom. The lowest BCUT2D eigenvalue weighted by molar-refractivity contribution is -0.159. The normalized spacial score (nSPS) is 42.2. The van der Waals surface area contributed by atoms with Crippen LogP contribution in [0.15, 0.2) is 45.1 Å². The van der Waals surface area contributed by atoms with Crippen LogP contribution in [-0.4, -0.2) is 25.5 Å². The topological polar surface area (TPSA) is 84.7 Å². The van der Waals surface area contributed by atoms with Gasteiger partial charge < -0.3 is 4.79 Å². The number of Topliss-reactive ketones (excluding diaryl/α,β-unsaturated/α-hetero) is 1. The quantitative estimate of drug-likeness (QED) is 0.364. The van der Waals surface area contributed by atoms with Crippen molar-refractivity contribution in [3.63, 3.8) is 0 Å². The first-order valence-corrected chi connectivity index (χ1v) is 17.7. The van der Waals surface area contributed by atoms with Gasteiger partial charge in [0.2, 0.25) is 5.70 Å². The Balaban J connectivity index is 1.50. The molecule has 0 aliphatic heterocycles. The summed E-state index contributed by atoms with van der Waals surface area (Å²) in [5.41, 5.74) is -1.39. The summed E-state index contributed by atoms with van der Waals surface area (Å²) in [4.78, 5) is 31.6. The van der Waals surface area contributed by atoms with Crippen LogP contribution in [0.3, 0.4) is 0 Å². The molecule has 1 aromatic rings. The molecule has 1 heterocycles. The van der Waals surface area contributed by atoms with Gasteiger partial charge in [-0.05, 0) is 90.5 Å². The maximum absolute atomic E-state index is 14.6. The van der Waals surface area contributed by atoms with Crippen LogP contribution >= 0.6 is 11.3 Å². The van der Waals surface area contributed by atoms with E-state index in [-0.39, 0.29) is 51.3 Å². The molecule has 3 saturated carbocycles. The Morgan fingerprint density at radius 3 is 2.33 bits per heavy atom. The second kappa shape index (κ2) is 8.99. The van der Waals surface area contributed by atoms with Gasteiger partial charge in [0, 0.05) is 22.3 Å². The zero-order chi connectivity index (χ0) is 30.7. The van der Waals surface area contributed by atoms with E-state index in [0.717, 1.165) is 44.1 Å².